The van der Waals surface area contributed by atoms with E-state index in [9.17, 15) is 0 Å². The smallest absolute Gasteiger partial charge is 0.247 e. The lowest BCUT2D eigenvalue weighted by Crippen LogP contribution is -1.88. The van der Waals surface area contributed by atoms with Crippen molar-refractivity contribution in [3.8, 4) is 28.5 Å². The van der Waals surface area contributed by atoms with Crippen LogP contribution in [0.1, 0.15) is 18.1 Å². The highest BCUT2D eigenvalue weighted by atomic mass is 32.2. The molecule has 2 aromatic heterocycles. The molecule has 2 heterocycles. The van der Waals surface area contributed by atoms with Crippen LogP contribution in [-0.4, -0.2) is 22.3 Å². The minimum atomic E-state index is 0.0132. The summed E-state index contributed by atoms with van der Waals surface area (Å²) in [6.45, 7) is 2.04. The van der Waals surface area contributed by atoms with Crippen molar-refractivity contribution in [3.05, 3.63) is 65.9 Å². The normalized spacial score (nSPS) is 12.1. The molecule has 0 fully saturated rings. The van der Waals surface area contributed by atoms with E-state index in [0.29, 0.717) is 11.8 Å². The van der Waals surface area contributed by atoms with E-state index in [2.05, 4.69) is 27.7 Å². The number of hydrogen-bond acceptors (Lipinski definition) is 7. The summed E-state index contributed by atoms with van der Waals surface area (Å²) in [5.74, 6) is 1.88. The van der Waals surface area contributed by atoms with E-state index in [1.807, 2.05) is 49.4 Å². The Kier molecular flexibility index (Phi) is 5.22. The fourth-order valence-electron chi connectivity index (χ4n) is 2.50. The summed E-state index contributed by atoms with van der Waals surface area (Å²) in [5, 5.41) is 10.5. The first-order valence-corrected chi connectivity index (χ1v) is 10.1. The predicted octanol–water partition coefficient (Wildman–Crippen LogP) is 5.72. The van der Waals surface area contributed by atoms with Crippen LogP contribution < -0.4 is 4.74 Å². The number of nitrogens with zero attached hydrogens (tertiary/aromatic N) is 3. The maximum atomic E-state index is 5.86. The van der Waals surface area contributed by atoms with Crippen molar-refractivity contribution in [2.45, 2.75) is 16.5 Å². The molecule has 4 rings (SSSR count). The average Bonchev–Trinajstić information content (AvgIpc) is 3.39. The second kappa shape index (κ2) is 7.94. The Hall–Kier alpha value is -2.64. The molecule has 2 aromatic carbocycles. The summed E-state index contributed by atoms with van der Waals surface area (Å²) in [7, 11) is 1.64. The van der Waals surface area contributed by atoms with Crippen molar-refractivity contribution in [1.29, 1.82) is 0 Å². The Morgan fingerprint density at radius 3 is 2.52 bits per heavy atom. The molecule has 136 valence electrons. The zero-order valence-electron chi connectivity index (χ0n) is 14.8. The lowest BCUT2D eigenvalue weighted by atomic mass is 10.2. The van der Waals surface area contributed by atoms with Gasteiger partial charge in [-0.1, -0.05) is 42.1 Å². The Morgan fingerprint density at radius 1 is 1.00 bits per heavy atom. The Balaban J connectivity index is 1.46. The van der Waals surface area contributed by atoms with Gasteiger partial charge in [-0.3, -0.25) is 0 Å². The SMILES string of the molecule is COc1ccc(-c2nnc([C@H](C)Sc3nc(-c4ccccc4)cs3)o2)cc1. The molecule has 0 unspecified atom stereocenters. The van der Waals surface area contributed by atoms with Gasteiger partial charge in [-0.05, 0) is 31.2 Å². The van der Waals surface area contributed by atoms with Crippen LogP contribution in [0.4, 0.5) is 0 Å². The fraction of sp³-hybridized carbons (Fsp3) is 0.150. The molecule has 0 aliphatic rings. The van der Waals surface area contributed by atoms with E-state index in [-0.39, 0.29) is 5.25 Å². The molecule has 5 nitrogen and oxygen atoms in total. The van der Waals surface area contributed by atoms with Gasteiger partial charge in [0.25, 0.3) is 0 Å². The molecule has 0 aliphatic carbocycles. The van der Waals surface area contributed by atoms with Gasteiger partial charge < -0.3 is 9.15 Å². The molecule has 7 heteroatoms. The topological polar surface area (TPSA) is 61.0 Å². The van der Waals surface area contributed by atoms with Crippen LogP contribution >= 0.6 is 23.1 Å². The van der Waals surface area contributed by atoms with Crippen LogP contribution in [0.25, 0.3) is 22.7 Å². The number of ether oxygens (including phenoxy) is 1. The monoisotopic (exact) mass is 395 g/mol. The van der Waals surface area contributed by atoms with Crippen molar-refractivity contribution >= 4 is 23.1 Å². The number of rotatable bonds is 6. The third-order valence-corrected chi connectivity index (χ3v) is 6.02. The largest absolute Gasteiger partial charge is 0.497 e. The minimum absolute atomic E-state index is 0.0132. The molecular weight excluding hydrogens is 378 g/mol. The van der Waals surface area contributed by atoms with E-state index in [4.69, 9.17) is 14.1 Å². The van der Waals surface area contributed by atoms with Crippen molar-refractivity contribution < 1.29 is 9.15 Å². The molecule has 27 heavy (non-hydrogen) atoms. The van der Waals surface area contributed by atoms with Gasteiger partial charge in [0.15, 0.2) is 4.34 Å². The van der Waals surface area contributed by atoms with Gasteiger partial charge in [-0.25, -0.2) is 4.98 Å². The van der Waals surface area contributed by atoms with Crippen LogP contribution in [0.15, 0.2) is 68.7 Å². The van der Waals surface area contributed by atoms with Crippen LogP contribution in [-0.2, 0) is 0 Å². The molecule has 0 amide bonds. The summed E-state index contributed by atoms with van der Waals surface area (Å²) in [6, 6.07) is 17.7. The quantitative estimate of drug-likeness (QED) is 0.389. The maximum absolute atomic E-state index is 5.86. The fourth-order valence-corrected chi connectivity index (χ4v) is 4.51. The zero-order chi connectivity index (χ0) is 18.6. The molecule has 0 bridgehead atoms. The van der Waals surface area contributed by atoms with Crippen LogP contribution in [0.2, 0.25) is 0 Å². The van der Waals surface area contributed by atoms with Crippen LogP contribution in [0.3, 0.4) is 0 Å². The maximum Gasteiger partial charge on any atom is 0.247 e. The Labute approximate surface area is 165 Å². The number of benzene rings is 2. The second-order valence-electron chi connectivity index (χ2n) is 5.80. The van der Waals surface area contributed by atoms with Crippen molar-refractivity contribution in [1.82, 2.24) is 15.2 Å². The third kappa shape index (κ3) is 4.04. The number of hydrogen-bond donors (Lipinski definition) is 0. The highest BCUT2D eigenvalue weighted by Gasteiger charge is 2.18. The van der Waals surface area contributed by atoms with Gasteiger partial charge >= 0.3 is 0 Å². The summed E-state index contributed by atoms with van der Waals surface area (Å²) < 4.78 is 12.0. The Bertz CT molecular complexity index is 1010. The molecule has 0 saturated heterocycles. The van der Waals surface area contributed by atoms with Crippen molar-refractivity contribution in [3.63, 3.8) is 0 Å². The lowest BCUT2D eigenvalue weighted by Gasteiger charge is -2.03. The van der Waals surface area contributed by atoms with E-state index in [0.717, 1.165) is 26.9 Å². The lowest BCUT2D eigenvalue weighted by molar-refractivity contribution is 0.415. The van der Waals surface area contributed by atoms with Crippen molar-refractivity contribution in [2.24, 2.45) is 0 Å². The summed E-state index contributed by atoms with van der Waals surface area (Å²) in [6.07, 6.45) is 0. The molecule has 0 saturated carbocycles. The van der Waals surface area contributed by atoms with Crippen LogP contribution in [0.5, 0.6) is 5.75 Å². The van der Waals surface area contributed by atoms with Gasteiger partial charge in [0, 0.05) is 16.5 Å². The molecule has 0 radical (unpaired) electrons. The molecule has 0 aliphatic heterocycles. The standard InChI is InChI=1S/C20H17N3O2S2/c1-13(27-20-21-17(12-26-20)14-6-4-3-5-7-14)18-22-23-19(25-18)15-8-10-16(24-2)11-9-15/h3-13H,1-2H3/t13-/m0/s1. The summed E-state index contributed by atoms with van der Waals surface area (Å²) in [5.41, 5.74) is 2.97. The average molecular weight is 396 g/mol. The minimum Gasteiger partial charge on any atom is -0.497 e. The van der Waals surface area contributed by atoms with Crippen LogP contribution in [0, 0.1) is 0 Å². The number of aromatic nitrogens is 3. The van der Waals surface area contributed by atoms with E-state index in [1.165, 1.54) is 0 Å². The van der Waals surface area contributed by atoms with E-state index >= 15 is 0 Å². The van der Waals surface area contributed by atoms with E-state index < -0.39 is 0 Å². The van der Waals surface area contributed by atoms with Gasteiger partial charge in [0.1, 0.15) is 5.75 Å². The highest BCUT2D eigenvalue weighted by molar-refractivity contribution is 8.01. The first-order valence-electron chi connectivity index (χ1n) is 8.38. The predicted molar refractivity (Wildman–Crippen MR) is 108 cm³/mol. The van der Waals surface area contributed by atoms with Crippen molar-refractivity contribution in [2.75, 3.05) is 7.11 Å². The third-order valence-electron chi connectivity index (χ3n) is 3.96. The summed E-state index contributed by atoms with van der Waals surface area (Å²) in [4.78, 5) is 4.71. The first kappa shape index (κ1) is 17.8. The molecular formula is C20H17N3O2S2. The van der Waals surface area contributed by atoms with Gasteiger partial charge in [-0.15, -0.1) is 21.5 Å². The van der Waals surface area contributed by atoms with E-state index in [1.54, 1.807) is 30.2 Å². The highest BCUT2D eigenvalue weighted by Crippen LogP contribution is 2.38. The molecule has 4 aromatic rings. The summed E-state index contributed by atoms with van der Waals surface area (Å²) >= 11 is 3.24. The second-order valence-corrected chi connectivity index (χ2v) is 8.24. The number of methoxy groups -OCH3 is 1. The number of thioether (sulfide) groups is 1. The molecule has 0 spiro atoms. The van der Waals surface area contributed by atoms with Gasteiger partial charge in [-0.2, -0.15) is 0 Å². The zero-order valence-corrected chi connectivity index (χ0v) is 16.5. The van der Waals surface area contributed by atoms with Gasteiger partial charge in [0.2, 0.25) is 11.8 Å². The Morgan fingerprint density at radius 2 is 1.78 bits per heavy atom. The number of thiazole rings is 1. The molecule has 0 N–H and O–H groups in total. The first-order chi connectivity index (χ1) is 13.2. The molecule has 1 atom stereocenters. The van der Waals surface area contributed by atoms with Gasteiger partial charge in [0.05, 0.1) is 18.1 Å².